The van der Waals surface area contributed by atoms with Crippen LogP contribution in [-0.4, -0.2) is 41.6 Å². The van der Waals surface area contributed by atoms with Crippen LogP contribution in [0.15, 0.2) is 10.2 Å². The van der Waals surface area contributed by atoms with Crippen LogP contribution in [0.4, 0.5) is 0 Å². The Kier molecular flexibility index (Phi) is 8.66. The maximum absolute atomic E-state index is 11.8. The molecule has 0 aliphatic rings. The lowest BCUT2D eigenvalue weighted by Gasteiger charge is -2.17. The van der Waals surface area contributed by atoms with Gasteiger partial charge in [0.2, 0.25) is 5.91 Å². The number of hydrogen-bond acceptors (Lipinski definition) is 5. The van der Waals surface area contributed by atoms with Crippen molar-refractivity contribution in [2.24, 2.45) is 27.6 Å². The third kappa shape index (κ3) is 8.56. The first-order valence-corrected chi connectivity index (χ1v) is 6.69. The van der Waals surface area contributed by atoms with E-state index in [4.69, 9.17) is 16.6 Å². The largest absolute Gasteiger partial charge is 0.480 e. The van der Waals surface area contributed by atoms with Crippen LogP contribution < -0.4 is 16.8 Å². The second-order valence-corrected chi connectivity index (χ2v) is 5.10. The van der Waals surface area contributed by atoms with E-state index in [-0.39, 0.29) is 31.3 Å². The van der Waals surface area contributed by atoms with E-state index in [0.717, 1.165) is 0 Å². The van der Waals surface area contributed by atoms with E-state index in [1.807, 2.05) is 13.8 Å². The molecule has 0 bridgehead atoms. The Labute approximate surface area is 123 Å². The number of nitrogens with one attached hydrogen (secondary N) is 1. The minimum Gasteiger partial charge on any atom is -0.480 e. The van der Waals surface area contributed by atoms with Crippen molar-refractivity contribution in [1.29, 1.82) is 0 Å². The van der Waals surface area contributed by atoms with Crippen LogP contribution in [0.2, 0.25) is 0 Å². The number of carboxylic acids is 1. The summed E-state index contributed by atoms with van der Waals surface area (Å²) in [5.41, 5.74) is 10.3. The SMILES string of the molecule is CC(C)C[C@H](N=O)C(=O)N[C@@H](CCCN=C(N)N)C(=O)O. The quantitative estimate of drug-likeness (QED) is 0.189. The highest BCUT2D eigenvalue weighted by Gasteiger charge is 2.26. The van der Waals surface area contributed by atoms with Crippen molar-refractivity contribution in [1.82, 2.24) is 5.32 Å². The normalized spacial score (nSPS) is 13.3. The van der Waals surface area contributed by atoms with Gasteiger partial charge in [0.15, 0.2) is 12.0 Å². The number of guanidine groups is 1. The predicted octanol–water partition coefficient (Wildman–Crippen LogP) is -0.209. The summed E-state index contributed by atoms with van der Waals surface area (Å²) in [4.78, 5) is 37.3. The van der Waals surface area contributed by atoms with Crippen molar-refractivity contribution < 1.29 is 14.7 Å². The molecule has 0 saturated carbocycles. The molecule has 0 aromatic heterocycles. The highest BCUT2D eigenvalue weighted by Crippen LogP contribution is 2.09. The van der Waals surface area contributed by atoms with Crippen molar-refractivity contribution in [3.63, 3.8) is 0 Å². The lowest BCUT2D eigenvalue weighted by molar-refractivity contribution is -0.142. The van der Waals surface area contributed by atoms with E-state index in [2.05, 4.69) is 15.5 Å². The molecule has 0 saturated heterocycles. The number of nitrogens with two attached hydrogens (primary N) is 2. The van der Waals surface area contributed by atoms with Gasteiger partial charge < -0.3 is 21.9 Å². The van der Waals surface area contributed by atoms with Gasteiger partial charge in [0.25, 0.3) is 0 Å². The Bertz CT molecular complexity index is 393. The van der Waals surface area contributed by atoms with E-state index in [1.54, 1.807) is 0 Å². The monoisotopic (exact) mass is 301 g/mol. The highest BCUT2D eigenvalue weighted by molar-refractivity contribution is 5.87. The van der Waals surface area contributed by atoms with Gasteiger partial charge in [0.05, 0.1) is 0 Å². The molecule has 0 aliphatic carbocycles. The van der Waals surface area contributed by atoms with Crippen LogP contribution in [0, 0.1) is 10.8 Å². The number of carbonyl (C=O) groups excluding carboxylic acids is 1. The van der Waals surface area contributed by atoms with Crippen molar-refractivity contribution in [2.75, 3.05) is 6.54 Å². The van der Waals surface area contributed by atoms with Crippen molar-refractivity contribution >= 4 is 17.8 Å². The maximum Gasteiger partial charge on any atom is 0.326 e. The highest BCUT2D eigenvalue weighted by atomic mass is 16.4. The number of amides is 1. The summed E-state index contributed by atoms with van der Waals surface area (Å²) in [6.45, 7) is 3.95. The average Bonchev–Trinajstić information content (AvgIpc) is 2.38. The van der Waals surface area contributed by atoms with Crippen molar-refractivity contribution in [3.8, 4) is 0 Å². The number of carboxylic acid groups (broad SMARTS) is 1. The second-order valence-electron chi connectivity index (χ2n) is 5.10. The Balaban J connectivity index is 4.48. The number of carbonyl (C=O) groups is 2. The zero-order valence-electron chi connectivity index (χ0n) is 12.3. The van der Waals surface area contributed by atoms with Gasteiger partial charge in [-0.3, -0.25) is 9.79 Å². The molecular weight excluding hydrogens is 278 g/mol. The number of aliphatic imine (C=N–C) groups is 1. The van der Waals surface area contributed by atoms with Gasteiger partial charge in [-0.1, -0.05) is 19.0 Å². The molecule has 0 spiro atoms. The molecule has 0 radical (unpaired) electrons. The number of hydrogen-bond donors (Lipinski definition) is 4. The molecule has 9 nitrogen and oxygen atoms in total. The first-order valence-electron chi connectivity index (χ1n) is 6.69. The molecule has 0 unspecified atom stereocenters. The van der Waals surface area contributed by atoms with Gasteiger partial charge in [-0.05, 0) is 25.2 Å². The summed E-state index contributed by atoms with van der Waals surface area (Å²) in [6.07, 6.45) is 0.819. The minimum atomic E-state index is -1.18. The zero-order valence-corrected chi connectivity index (χ0v) is 12.3. The molecule has 2 atom stereocenters. The Morgan fingerprint density at radius 1 is 1.29 bits per heavy atom. The number of rotatable bonds is 10. The summed E-state index contributed by atoms with van der Waals surface area (Å²) in [5, 5.41) is 14.1. The van der Waals surface area contributed by atoms with Crippen molar-refractivity contribution in [2.45, 2.75) is 45.2 Å². The molecule has 6 N–H and O–H groups in total. The molecular formula is C12H23N5O4. The lowest BCUT2D eigenvalue weighted by Crippen LogP contribution is -2.45. The molecule has 120 valence electrons. The van der Waals surface area contributed by atoms with Gasteiger partial charge >= 0.3 is 5.97 Å². The Hall–Kier alpha value is -2.19. The van der Waals surface area contributed by atoms with Crippen LogP contribution in [0.5, 0.6) is 0 Å². The molecule has 21 heavy (non-hydrogen) atoms. The third-order valence-electron chi connectivity index (χ3n) is 2.68. The number of nitrogens with zero attached hydrogens (tertiary/aromatic N) is 2. The fourth-order valence-electron chi connectivity index (χ4n) is 1.67. The van der Waals surface area contributed by atoms with E-state index in [0.29, 0.717) is 6.42 Å². The van der Waals surface area contributed by atoms with Crippen LogP contribution in [0.3, 0.4) is 0 Å². The summed E-state index contributed by atoms with van der Waals surface area (Å²) in [6, 6.07) is -2.17. The van der Waals surface area contributed by atoms with Gasteiger partial charge in [-0.25, -0.2) is 4.79 Å². The molecule has 0 aromatic carbocycles. The van der Waals surface area contributed by atoms with Crippen LogP contribution >= 0.6 is 0 Å². The molecule has 1 amide bonds. The Morgan fingerprint density at radius 2 is 1.90 bits per heavy atom. The summed E-state index contributed by atoms with van der Waals surface area (Å²) in [5.74, 6) is -1.83. The topological polar surface area (TPSA) is 160 Å². The average molecular weight is 301 g/mol. The van der Waals surface area contributed by atoms with Crippen LogP contribution in [0.1, 0.15) is 33.1 Å². The fraction of sp³-hybridized carbons (Fsp3) is 0.750. The molecule has 0 heterocycles. The minimum absolute atomic E-state index is 0.0759. The molecule has 0 rings (SSSR count). The zero-order chi connectivity index (χ0) is 16.4. The van der Waals surface area contributed by atoms with Crippen molar-refractivity contribution in [3.05, 3.63) is 4.91 Å². The Morgan fingerprint density at radius 3 is 2.33 bits per heavy atom. The number of nitroso groups, excluding NO2 is 1. The summed E-state index contributed by atoms with van der Waals surface area (Å²) in [7, 11) is 0. The molecule has 0 aliphatic heterocycles. The van der Waals surface area contributed by atoms with Gasteiger partial charge in [0.1, 0.15) is 6.04 Å². The summed E-state index contributed by atoms with van der Waals surface area (Å²) >= 11 is 0. The first-order chi connectivity index (χ1) is 9.77. The number of aliphatic carboxylic acids is 1. The molecule has 0 fully saturated rings. The standard InChI is InChI=1S/C12H23N5O4/c1-7(2)6-9(17-21)10(18)16-8(11(19)20)4-3-5-15-12(13)14/h7-9H,3-6H2,1-2H3,(H,16,18)(H,19,20)(H4,13,14,15)/t8-,9-/m0/s1. The predicted molar refractivity (Wildman–Crippen MR) is 78.5 cm³/mol. The molecule has 9 heteroatoms. The maximum atomic E-state index is 11.8. The van der Waals surface area contributed by atoms with Gasteiger partial charge in [0, 0.05) is 6.54 Å². The van der Waals surface area contributed by atoms with E-state index in [9.17, 15) is 14.5 Å². The smallest absolute Gasteiger partial charge is 0.326 e. The van der Waals surface area contributed by atoms with E-state index < -0.39 is 24.0 Å². The molecule has 0 aromatic rings. The van der Waals surface area contributed by atoms with Gasteiger partial charge in [-0.15, -0.1) is 4.91 Å². The lowest BCUT2D eigenvalue weighted by atomic mass is 10.0. The fourth-order valence-corrected chi connectivity index (χ4v) is 1.67. The van der Waals surface area contributed by atoms with Gasteiger partial charge in [-0.2, -0.15) is 0 Å². The summed E-state index contributed by atoms with van der Waals surface area (Å²) < 4.78 is 0. The third-order valence-corrected chi connectivity index (χ3v) is 2.68. The van der Waals surface area contributed by atoms with Crippen LogP contribution in [-0.2, 0) is 9.59 Å². The van der Waals surface area contributed by atoms with Crippen LogP contribution in [0.25, 0.3) is 0 Å². The van der Waals surface area contributed by atoms with E-state index in [1.165, 1.54) is 0 Å². The van der Waals surface area contributed by atoms with E-state index >= 15 is 0 Å². The second kappa shape index (κ2) is 9.67. The first kappa shape index (κ1) is 18.8.